The first-order valence-electron chi connectivity index (χ1n) is 7.82. The van der Waals surface area contributed by atoms with Crippen molar-refractivity contribution in [1.29, 1.82) is 0 Å². The number of aryl methyl sites for hydroxylation is 1. The molecule has 1 aliphatic rings. The topological polar surface area (TPSA) is 59.8 Å². The van der Waals surface area contributed by atoms with Gasteiger partial charge >= 0.3 is 6.18 Å². The van der Waals surface area contributed by atoms with E-state index in [2.05, 4.69) is 15.5 Å². The fourth-order valence-corrected chi connectivity index (χ4v) is 3.43. The maximum atomic E-state index is 13.0. The van der Waals surface area contributed by atoms with E-state index in [4.69, 9.17) is 0 Å². The van der Waals surface area contributed by atoms with Crippen LogP contribution in [0.3, 0.4) is 0 Å². The van der Waals surface area contributed by atoms with E-state index in [1.165, 1.54) is 30.0 Å². The fourth-order valence-electron chi connectivity index (χ4n) is 2.47. The van der Waals surface area contributed by atoms with Gasteiger partial charge in [-0.3, -0.25) is 4.79 Å². The van der Waals surface area contributed by atoms with Gasteiger partial charge in [0.25, 0.3) is 0 Å². The highest BCUT2D eigenvalue weighted by molar-refractivity contribution is 8.00. The maximum absolute atomic E-state index is 13.0. The molecule has 1 saturated carbocycles. The smallest absolute Gasteiger partial charge is 0.325 e. The van der Waals surface area contributed by atoms with Crippen molar-refractivity contribution < 1.29 is 18.0 Å². The molecule has 1 fully saturated rings. The van der Waals surface area contributed by atoms with Gasteiger partial charge in [-0.25, -0.2) is 0 Å². The van der Waals surface area contributed by atoms with Crippen molar-refractivity contribution in [3.8, 4) is 0 Å². The van der Waals surface area contributed by atoms with Gasteiger partial charge in [-0.05, 0) is 38.8 Å². The normalized spacial score (nSPS) is 15.9. The first kappa shape index (κ1) is 17.8. The SMILES string of the molecule is Cc1nnc(S[C@@H](C)C(=O)Nc2ccccc2C(F)(F)F)n1C1CC1. The highest BCUT2D eigenvalue weighted by Crippen LogP contribution is 2.39. The molecule has 3 rings (SSSR count). The Labute approximate surface area is 147 Å². The minimum Gasteiger partial charge on any atom is -0.325 e. The molecule has 1 atom stereocenters. The fraction of sp³-hybridized carbons (Fsp3) is 0.438. The van der Waals surface area contributed by atoms with E-state index < -0.39 is 22.9 Å². The number of carbonyl (C=O) groups is 1. The van der Waals surface area contributed by atoms with Crippen LogP contribution >= 0.6 is 11.8 Å². The van der Waals surface area contributed by atoms with Crippen LogP contribution in [0.5, 0.6) is 0 Å². The number of alkyl halides is 3. The predicted molar refractivity (Wildman–Crippen MR) is 88.4 cm³/mol. The minimum absolute atomic E-state index is 0.243. The number of aromatic nitrogens is 3. The van der Waals surface area contributed by atoms with Gasteiger partial charge in [0.2, 0.25) is 5.91 Å². The van der Waals surface area contributed by atoms with E-state index in [9.17, 15) is 18.0 Å². The van der Waals surface area contributed by atoms with Crippen LogP contribution in [0.15, 0.2) is 29.4 Å². The van der Waals surface area contributed by atoms with Crippen molar-refractivity contribution >= 4 is 23.4 Å². The van der Waals surface area contributed by atoms with Crippen molar-refractivity contribution in [2.45, 2.75) is 49.3 Å². The zero-order chi connectivity index (χ0) is 18.2. The van der Waals surface area contributed by atoms with Gasteiger partial charge in [0, 0.05) is 6.04 Å². The minimum atomic E-state index is -4.52. The van der Waals surface area contributed by atoms with Gasteiger partial charge < -0.3 is 9.88 Å². The largest absolute Gasteiger partial charge is 0.418 e. The molecule has 1 aromatic carbocycles. The van der Waals surface area contributed by atoms with E-state index in [1.807, 2.05) is 11.5 Å². The lowest BCUT2D eigenvalue weighted by Crippen LogP contribution is -2.24. The van der Waals surface area contributed by atoms with Crippen LogP contribution in [0.1, 0.15) is 37.2 Å². The van der Waals surface area contributed by atoms with Gasteiger partial charge in [-0.1, -0.05) is 23.9 Å². The molecule has 0 radical (unpaired) electrons. The molecule has 0 unspecified atom stereocenters. The number of para-hydroxylation sites is 1. The average Bonchev–Trinajstić information content (AvgIpc) is 3.31. The molecule has 0 bridgehead atoms. The lowest BCUT2D eigenvalue weighted by atomic mass is 10.1. The number of hydrogen-bond acceptors (Lipinski definition) is 4. The lowest BCUT2D eigenvalue weighted by Gasteiger charge is -2.16. The van der Waals surface area contributed by atoms with Gasteiger partial charge in [0.05, 0.1) is 16.5 Å². The molecule has 1 aromatic heterocycles. The molecule has 5 nitrogen and oxygen atoms in total. The van der Waals surface area contributed by atoms with Crippen LogP contribution in [0.4, 0.5) is 18.9 Å². The van der Waals surface area contributed by atoms with Gasteiger partial charge in [0.15, 0.2) is 5.16 Å². The quantitative estimate of drug-likeness (QED) is 0.807. The van der Waals surface area contributed by atoms with Gasteiger partial charge in [0.1, 0.15) is 5.82 Å². The molecule has 25 heavy (non-hydrogen) atoms. The molecular weight excluding hydrogens is 353 g/mol. The lowest BCUT2D eigenvalue weighted by molar-refractivity contribution is -0.137. The number of carbonyl (C=O) groups excluding carboxylic acids is 1. The third kappa shape index (κ3) is 3.97. The van der Waals surface area contributed by atoms with E-state index in [0.717, 1.165) is 24.7 Å². The summed E-state index contributed by atoms with van der Waals surface area (Å²) in [6, 6.07) is 5.29. The predicted octanol–water partition coefficient (Wildman–Crippen LogP) is 4.06. The molecule has 0 saturated heterocycles. The zero-order valence-corrected chi connectivity index (χ0v) is 14.5. The van der Waals surface area contributed by atoms with E-state index >= 15 is 0 Å². The Kier molecular flexibility index (Phi) is 4.77. The number of halogens is 3. The van der Waals surface area contributed by atoms with Crippen molar-refractivity contribution in [3.05, 3.63) is 35.7 Å². The van der Waals surface area contributed by atoms with Crippen LogP contribution in [-0.2, 0) is 11.0 Å². The van der Waals surface area contributed by atoms with Gasteiger partial charge in [-0.15, -0.1) is 10.2 Å². The van der Waals surface area contributed by atoms with E-state index in [0.29, 0.717) is 11.2 Å². The Bertz CT molecular complexity index is 786. The Morgan fingerprint density at radius 2 is 2.00 bits per heavy atom. The number of anilines is 1. The standard InChI is InChI=1S/C16H17F3N4OS/c1-9(25-15-22-21-10(2)23(15)11-7-8-11)14(24)20-13-6-4-3-5-12(13)16(17,18)19/h3-6,9,11H,7-8H2,1-2H3,(H,20,24)/t9-/m0/s1. The molecule has 2 aromatic rings. The third-order valence-corrected chi connectivity index (χ3v) is 4.95. The number of rotatable bonds is 5. The van der Waals surface area contributed by atoms with Crippen molar-refractivity contribution in [3.63, 3.8) is 0 Å². The molecule has 1 aliphatic carbocycles. The average molecular weight is 370 g/mol. The van der Waals surface area contributed by atoms with Crippen molar-refractivity contribution in [2.75, 3.05) is 5.32 Å². The number of nitrogens with one attached hydrogen (secondary N) is 1. The third-order valence-electron chi connectivity index (χ3n) is 3.89. The van der Waals surface area contributed by atoms with Crippen LogP contribution in [0.25, 0.3) is 0 Å². The van der Waals surface area contributed by atoms with Crippen LogP contribution in [0.2, 0.25) is 0 Å². The Morgan fingerprint density at radius 1 is 1.32 bits per heavy atom. The molecule has 134 valence electrons. The van der Waals surface area contributed by atoms with E-state index in [1.54, 1.807) is 6.92 Å². The first-order valence-corrected chi connectivity index (χ1v) is 8.70. The zero-order valence-electron chi connectivity index (χ0n) is 13.7. The molecular formula is C16H17F3N4OS. The summed E-state index contributed by atoms with van der Waals surface area (Å²) < 4.78 is 41.0. The van der Waals surface area contributed by atoms with Crippen LogP contribution in [0, 0.1) is 6.92 Å². The monoisotopic (exact) mass is 370 g/mol. The molecule has 9 heteroatoms. The summed E-state index contributed by atoms with van der Waals surface area (Å²) in [5, 5.41) is 10.5. The highest BCUT2D eigenvalue weighted by atomic mass is 32.2. The summed E-state index contributed by atoms with van der Waals surface area (Å²) in [5.74, 6) is 0.268. The number of hydrogen-bond donors (Lipinski definition) is 1. The number of benzene rings is 1. The second-order valence-electron chi connectivity index (χ2n) is 5.92. The summed E-state index contributed by atoms with van der Waals surface area (Å²) in [6.45, 7) is 3.48. The Morgan fingerprint density at radius 3 is 2.64 bits per heavy atom. The highest BCUT2D eigenvalue weighted by Gasteiger charge is 2.34. The summed E-state index contributed by atoms with van der Waals surface area (Å²) in [5.41, 5.74) is -1.11. The van der Waals surface area contributed by atoms with Crippen LogP contribution < -0.4 is 5.32 Å². The first-order chi connectivity index (χ1) is 11.8. The second-order valence-corrected chi connectivity index (χ2v) is 7.23. The summed E-state index contributed by atoms with van der Waals surface area (Å²) >= 11 is 1.20. The molecule has 1 N–H and O–H groups in total. The summed E-state index contributed by atoms with van der Waals surface area (Å²) in [7, 11) is 0. The second kappa shape index (κ2) is 6.70. The van der Waals surface area contributed by atoms with Crippen molar-refractivity contribution in [2.24, 2.45) is 0 Å². The van der Waals surface area contributed by atoms with Crippen LogP contribution in [-0.4, -0.2) is 25.9 Å². The summed E-state index contributed by atoms with van der Waals surface area (Å²) in [4.78, 5) is 12.3. The molecule has 1 amide bonds. The molecule has 1 heterocycles. The Balaban J connectivity index is 1.72. The number of thioether (sulfide) groups is 1. The number of nitrogens with zero attached hydrogens (tertiary/aromatic N) is 3. The van der Waals surface area contributed by atoms with Gasteiger partial charge in [-0.2, -0.15) is 13.2 Å². The van der Waals surface area contributed by atoms with Crippen molar-refractivity contribution in [1.82, 2.24) is 14.8 Å². The number of amides is 1. The summed E-state index contributed by atoms with van der Waals surface area (Å²) in [6.07, 6.45) is -2.43. The molecule has 0 aliphatic heterocycles. The molecule has 0 spiro atoms. The maximum Gasteiger partial charge on any atom is 0.418 e. The van der Waals surface area contributed by atoms with E-state index in [-0.39, 0.29) is 5.69 Å². The Hall–Kier alpha value is -2.03.